The van der Waals surface area contributed by atoms with E-state index < -0.39 is 10.0 Å². The molecule has 0 aliphatic carbocycles. The maximum Gasteiger partial charge on any atom is 0.240 e. The van der Waals surface area contributed by atoms with Crippen molar-refractivity contribution in [1.29, 1.82) is 0 Å². The molecule has 0 atom stereocenters. The van der Waals surface area contributed by atoms with Gasteiger partial charge in [-0.1, -0.05) is 24.3 Å². The number of benzene rings is 2. The van der Waals surface area contributed by atoms with Crippen molar-refractivity contribution in [3.63, 3.8) is 0 Å². The summed E-state index contributed by atoms with van der Waals surface area (Å²) in [5.41, 5.74) is 8.09. The number of piperazine rings is 1. The third kappa shape index (κ3) is 5.43. The van der Waals surface area contributed by atoms with Gasteiger partial charge in [0.15, 0.2) is 5.96 Å². The highest BCUT2D eigenvalue weighted by molar-refractivity contribution is 7.89. The van der Waals surface area contributed by atoms with Crippen LogP contribution in [0.25, 0.3) is 0 Å². The van der Waals surface area contributed by atoms with Crippen LogP contribution < -0.4 is 20.1 Å². The Hall–Kier alpha value is -2.78. The van der Waals surface area contributed by atoms with Gasteiger partial charge in [0.25, 0.3) is 0 Å². The fourth-order valence-corrected chi connectivity index (χ4v) is 4.51. The molecule has 0 spiro atoms. The minimum absolute atomic E-state index is 0.193. The number of anilines is 1. The number of aryl methyl sites for hydroxylation is 1. The molecule has 0 aromatic heterocycles. The van der Waals surface area contributed by atoms with Crippen LogP contribution in [-0.4, -0.2) is 65.7 Å². The highest BCUT2D eigenvalue weighted by Gasteiger charge is 2.20. The molecule has 162 valence electrons. The number of rotatable bonds is 7. The number of ether oxygens (including phenoxy) is 1. The van der Waals surface area contributed by atoms with Crippen molar-refractivity contribution >= 4 is 21.7 Å². The minimum atomic E-state index is -3.54. The van der Waals surface area contributed by atoms with E-state index in [0.29, 0.717) is 5.96 Å². The lowest BCUT2D eigenvalue weighted by Crippen LogP contribution is -2.51. The third-order valence-corrected chi connectivity index (χ3v) is 6.47. The van der Waals surface area contributed by atoms with Crippen molar-refractivity contribution in [2.45, 2.75) is 11.8 Å². The molecule has 0 saturated carbocycles. The van der Waals surface area contributed by atoms with Crippen molar-refractivity contribution in [1.82, 2.24) is 9.62 Å². The van der Waals surface area contributed by atoms with E-state index in [0.717, 1.165) is 43.2 Å². The van der Waals surface area contributed by atoms with Crippen LogP contribution >= 0.6 is 0 Å². The lowest BCUT2D eigenvalue weighted by Gasteiger charge is -2.37. The molecule has 0 unspecified atom stereocenters. The van der Waals surface area contributed by atoms with E-state index in [1.54, 1.807) is 25.3 Å². The maximum absolute atomic E-state index is 12.3. The summed E-state index contributed by atoms with van der Waals surface area (Å²) in [7, 11) is -1.87. The summed E-state index contributed by atoms with van der Waals surface area (Å²) in [4.78, 5) is 8.88. The molecule has 1 saturated heterocycles. The van der Waals surface area contributed by atoms with Crippen LogP contribution in [0.5, 0.6) is 5.75 Å². The maximum atomic E-state index is 12.3. The molecule has 1 aliphatic rings. The Morgan fingerprint density at radius 1 is 1.13 bits per heavy atom. The molecule has 0 amide bonds. The van der Waals surface area contributed by atoms with Crippen molar-refractivity contribution < 1.29 is 13.2 Å². The Bertz CT molecular complexity index is 986. The van der Waals surface area contributed by atoms with Gasteiger partial charge in [0, 0.05) is 32.7 Å². The molecule has 9 heteroatoms. The third-order valence-electron chi connectivity index (χ3n) is 5.01. The zero-order valence-corrected chi connectivity index (χ0v) is 18.2. The van der Waals surface area contributed by atoms with Crippen LogP contribution in [-0.2, 0) is 10.0 Å². The number of aliphatic imine (C=N–C) groups is 1. The Morgan fingerprint density at radius 3 is 2.57 bits per heavy atom. The molecule has 2 aromatic carbocycles. The molecule has 30 heavy (non-hydrogen) atoms. The van der Waals surface area contributed by atoms with Crippen LogP contribution in [0.1, 0.15) is 5.56 Å². The largest absolute Gasteiger partial charge is 0.495 e. The molecular formula is C21H29N5O3S. The van der Waals surface area contributed by atoms with Crippen molar-refractivity contribution in [3.8, 4) is 5.75 Å². The standard InChI is InChI=1S/C21H29N5O3S/c1-17-6-5-7-18(16-17)30(27,28)24-11-10-23-21(22)26-14-12-25(13-15-26)19-8-3-4-9-20(19)29-2/h3-9,16,24H,10-15H2,1-2H3,(H2,22,23). The van der Waals surface area contributed by atoms with E-state index in [9.17, 15) is 8.42 Å². The quantitative estimate of drug-likeness (QED) is 0.391. The van der Waals surface area contributed by atoms with E-state index in [4.69, 9.17) is 10.5 Å². The van der Waals surface area contributed by atoms with Gasteiger partial charge in [-0.3, -0.25) is 4.99 Å². The van der Waals surface area contributed by atoms with Gasteiger partial charge in [-0.15, -0.1) is 0 Å². The molecule has 1 aliphatic heterocycles. The predicted octanol–water partition coefficient (Wildman–Crippen LogP) is 1.42. The number of nitrogens with zero attached hydrogens (tertiary/aromatic N) is 3. The van der Waals surface area contributed by atoms with Gasteiger partial charge < -0.3 is 20.3 Å². The zero-order valence-electron chi connectivity index (χ0n) is 17.4. The summed E-state index contributed by atoms with van der Waals surface area (Å²) in [5, 5.41) is 0. The second-order valence-electron chi connectivity index (χ2n) is 7.10. The number of nitrogens with one attached hydrogen (secondary N) is 1. The summed E-state index contributed by atoms with van der Waals surface area (Å²) in [6.07, 6.45) is 0. The van der Waals surface area contributed by atoms with Gasteiger partial charge >= 0.3 is 0 Å². The molecule has 2 aromatic rings. The summed E-state index contributed by atoms with van der Waals surface area (Å²) in [6, 6.07) is 14.8. The number of sulfonamides is 1. The van der Waals surface area contributed by atoms with Crippen molar-refractivity contribution in [2.24, 2.45) is 10.7 Å². The summed E-state index contributed by atoms with van der Waals surface area (Å²) >= 11 is 0. The van der Waals surface area contributed by atoms with Crippen molar-refractivity contribution in [3.05, 3.63) is 54.1 Å². The predicted molar refractivity (Wildman–Crippen MR) is 120 cm³/mol. The molecule has 0 bridgehead atoms. The fraction of sp³-hybridized carbons (Fsp3) is 0.381. The number of hydrogen-bond acceptors (Lipinski definition) is 5. The van der Waals surface area contributed by atoms with Gasteiger partial charge in [0.2, 0.25) is 10.0 Å². The molecule has 3 rings (SSSR count). The van der Waals surface area contributed by atoms with Gasteiger partial charge in [-0.25, -0.2) is 13.1 Å². The summed E-state index contributed by atoms with van der Waals surface area (Å²) in [5.74, 6) is 1.29. The van der Waals surface area contributed by atoms with Crippen LogP contribution in [0.4, 0.5) is 5.69 Å². The lowest BCUT2D eigenvalue weighted by molar-refractivity contribution is 0.374. The summed E-state index contributed by atoms with van der Waals surface area (Å²) < 4.78 is 32.7. The monoisotopic (exact) mass is 431 g/mol. The average molecular weight is 432 g/mol. The number of methoxy groups -OCH3 is 1. The molecular weight excluding hydrogens is 402 g/mol. The highest BCUT2D eigenvalue weighted by Crippen LogP contribution is 2.28. The summed E-state index contributed by atoms with van der Waals surface area (Å²) in [6.45, 7) is 5.41. The first-order valence-corrected chi connectivity index (χ1v) is 11.4. The first-order chi connectivity index (χ1) is 14.4. The second kappa shape index (κ2) is 9.82. The molecule has 8 nitrogen and oxygen atoms in total. The Balaban J connectivity index is 1.49. The Labute approximate surface area is 178 Å². The first-order valence-electron chi connectivity index (χ1n) is 9.90. The highest BCUT2D eigenvalue weighted by atomic mass is 32.2. The van der Waals surface area contributed by atoms with Gasteiger partial charge in [-0.2, -0.15) is 0 Å². The Morgan fingerprint density at radius 2 is 1.87 bits per heavy atom. The fourth-order valence-electron chi connectivity index (χ4n) is 3.38. The SMILES string of the molecule is COc1ccccc1N1CCN(C(N)=NCCNS(=O)(=O)c2cccc(C)c2)CC1. The van der Waals surface area contributed by atoms with Crippen LogP contribution in [0, 0.1) is 6.92 Å². The topological polar surface area (TPSA) is 100 Å². The van der Waals surface area contributed by atoms with E-state index in [2.05, 4.69) is 14.6 Å². The molecule has 1 heterocycles. The molecule has 1 fully saturated rings. The van der Waals surface area contributed by atoms with Crippen LogP contribution in [0.3, 0.4) is 0 Å². The number of hydrogen-bond donors (Lipinski definition) is 2. The van der Waals surface area contributed by atoms with E-state index >= 15 is 0 Å². The zero-order chi connectivity index (χ0) is 21.6. The molecule has 3 N–H and O–H groups in total. The van der Waals surface area contributed by atoms with Crippen LogP contribution in [0.2, 0.25) is 0 Å². The second-order valence-corrected chi connectivity index (χ2v) is 8.87. The van der Waals surface area contributed by atoms with E-state index in [1.165, 1.54) is 0 Å². The lowest BCUT2D eigenvalue weighted by atomic mass is 10.2. The van der Waals surface area contributed by atoms with E-state index in [-0.39, 0.29) is 18.0 Å². The first kappa shape index (κ1) is 21.9. The number of guanidine groups is 1. The molecule has 0 radical (unpaired) electrons. The van der Waals surface area contributed by atoms with Crippen LogP contribution in [0.15, 0.2) is 58.4 Å². The average Bonchev–Trinajstić information content (AvgIpc) is 2.76. The van der Waals surface area contributed by atoms with E-state index in [1.807, 2.05) is 42.2 Å². The smallest absolute Gasteiger partial charge is 0.240 e. The van der Waals surface area contributed by atoms with Gasteiger partial charge in [0.1, 0.15) is 5.75 Å². The van der Waals surface area contributed by atoms with Gasteiger partial charge in [-0.05, 0) is 36.8 Å². The minimum Gasteiger partial charge on any atom is -0.495 e. The number of nitrogens with two attached hydrogens (primary N) is 1. The van der Waals surface area contributed by atoms with Gasteiger partial charge in [0.05, 0.1) is 24.2 Å². The Kier molecular flexibility index (Phi) is 7.17. The number of para-hydroxylation sites is 2. The van der Waals surface area contributed by atoms with Crippen molar-refractivity contribution in [2.75, 3.05) is 51.3 Å². The normalized spacial score (nSPS) is 15.3.